The summed E-state index contributed by atoms with van der Waals surface area (Å²) in [4.78, 5) is 13.9. The first-order valence-electron chi connectivity index (χ1n) is 6.80. The number of hydrogen-bond acceptors (Lipinski definition) is 3. The molecule has 0 fully saturated rings. The van der Waals surface area contributed by atoms with E-state index in [9.17, 15) is 4.79 Å². The number of nitrogen functional groups attached to an aromatic ring is 1. The molecule has 0 saturated heterocycles. The lowest BCUT2D eigenvalue weighted by atomic mass is 10.1. The van der Waals surface area contributed by atoms with Gasteiger partial charge in [0.25, 0.3) is 0 Å². The maximum atomic E-state index is 12.2. The number of anilines is 1. The van der Waals surface area contributed by atoms with E-state index in [2.05, 4.69) is 0 Å². The molecule has 0 bridgehead atoms. The SMILES string of the molecule is COc1ccc(CN(C)C(=O)Cc2cccc(N)c2)cc1. The minimum Gasteiger partial charge on any atom is -0.497 e. The highest BCUT2D eigenvalue weighted by Gasteiger charge is 2.10. The van der Waals surface area contributed by atoms with Crippen LogP contribution in [0.2, 0.25) is 0 Å². The Kier molecular flexibility index (Phi) is 4.82. The molecule has 0 heterocycles. The molecule has 0 aromatic heterocycles. The average Bonchev–Trinajstić information content (AvgIpc) is 2.48. The molecular weight excluding hydrogens is 264 g/mol. The van der Waals surface area contributed by atoms with Gasteiger partial charge in [-0.15, -0.1) is 0 Å². The summed E-state index contributed by atoms with van der Waals surface area (Å²) in [5, 5.41) is 0. The summed E-state index contributed by atoms with van der Waals surface area (Å²) in [7, 11) is 3.44. The molecule has 2 rings (SSSR count). The first kappa shape index (κ1) is 14.9. The van der Waals surface area contributed by atoms with Crippen LogP contribution in [0.25, 0.3) is 0 Å². The summed E-state index contributed by atoms with van der Waals surface area (Å²) in [6, 6.07) is 15.1. The standard InChI is InChI=1S/C17H20N2O2/c1-19(12-13-6-8-16(21-2)9-7-13)17(20)11-14-4-3-5-15(18)10-14/h3-10H,11-12,18H2,1-2H3. The molecule has 4 heteroatoms. The number of nitrogens with zero attached hydrogens (tertiary/aromatic N) is 1. The number of rotatable bonds is 5. The summed E-state index contributed by atoms with van der Waals surface area (Å²) >= 11 is 0. The lowest BCUT2D eigenvalue weighted by molar-refractivity contribution is -0.129. The number of carbonyl (C=O) groups is 1. The van der Waals surface area contributed by atoms with Gasteiger partial charge in [-0.1, -0.05) is 24.3 Å². The van der Waals surface area contributed by atoms with E-state index in [1.54, 1.807) is 19.1 Å². The Balaban J connectivity index is 1.95. The van der Waals surface area contributed by atoms with Gasteiger partial charge < -0.3 is 15.4 Å². The van der Waals surface area contributed by atoms with Crippen LogP contribution in [0, 0.1) is 0 Å². The van der Waals surface area contributed by atoms with E-state index >= 15 is 0 Å². The lowest BCUT2D eigenvalue weighted by Crippen LogP contribution is -2.27. The molecule has 0 spiro atoms. The zero-order chi connectivity index (χ0) is 15.2. The van der Waals surface area contributed by atoms with E-state index in [1.165, 1.54) is 0 Å². The van der Waals surface area contributed by atoms with Gasteiger partial charge in [-0.25, -0.2) is 0 Å². The van der Waals surface area contributed by atoms with Crippen molar-refractivity contribution >= 4 is 11.6 Å². The van der Waals surface area contributed by atoms with E-state index in [0.29, 0.717) is 18.7 Å². The molecule has 0 radical (unpaired) electrons. The van der Waals surface area contributed by atoms with Gasteiger partial charge in [0.1, 0.15) is 5.75 Å². The number of amides is 1. The van der Waals surface area contributed by atoms with Gasteiger partial charge in [0.05, 0.1) is 13.5 Å². The largest absolute Gasteiger partial charge is 0.497 e. The first-order valence-corrected chi connectivity index (χ1v) is 6.80. The van der Waals surface area contributed by atoms with E-state index in [-0.39, 0.29) is 5.91 Å². The van der Waals surface area contributed by atoms with Crippen molar-refractivity contribution in [3.8, 4) is 5.75 Å². The molecule has 2 aromatic rings. The molecule has 1 amide bonds. The molecule has 4 nitrogen and oxygen atoms in total. The zero-order valence-electron chi connectivity index (χ0n) is 12.4. The van der Waals surface area contributed by atoms with Crippen molar-refractivity contribution in [3.63, 3.8) is 0 Å². The number of nitrogens with two attached hydrogens (primary N) is 1. The Morgan fingerprint density at radius 2 is 1.86 bits per heavy atom. The van der Waals surface area contributed by atoms with Crippen molar-refractivity contribution in [2.45, 2.75) is 13.0 Å². The van der Waals surface area contributed by atoms with Crippen molar-refractivity contribution in [3.05, 3.63) is 59.7 Å². The maximum absolute atomic E-state index is 12.2. The number of benzene rings is 2. The predicted molar refractivity (Wildman–Crippen MR) is 84.0 cm³/mol. The van der Waals surface area contributed by atoms with Crippen molar-refractivity contribution in [1.82, 2.24) is 4.90 Å². The Morgan fingerprint density at radius 1 is 1.14 bits per heavy atom. The monoisotopic (exact) mass is 284 g/mol. The number of ether oxygens (including phenoxy) is 1. The Hall–Kier alpha value is -2.49. The number of likely N-dealkylation sites (N-methyl/N-ethyl adjacent to an activating group) is 1. The van der Waals surface area contributed by atoms with Gasteiger partial charge in [-0.2, -0.15) is 0 Å². The third kappa shape index (κ3) is 4.24. The molecule has 0 aliphatic rings. The molecule has 0 atom stereocenters. The van der Waals surface area contributed by atoms with Crippen LogP contribution in [0.4, 0.5) is 5.69 Å². The highest BCUT2D eigenvalue weighted by atomic mass is 16.5. The second-order valence-corrected chi connectivity index (χ2v) is 5.02. The normalized spacial score (nSPS) is 10.2. The Labute approximate surface area is 125 Å². The quantitative estimate of drug-likeness (QED) is 0.858. The van der Waals surface area contributed by atoms with Crippen LogP contribution in [-0.4, -0.2) is 25.0 Å². The minimum atomic E-state index is 0.0661. The maximum Gasteiger partial charge on any atom is 0.227 e. The third-order valence-electron chi connectivity index (χ3n) is 3.31. The summed E-state index contributed by atoms with van der Waals surface area (Å²) in [6.07, 6.45) is 0.359. The van der Waals surface area contributed by atoms with Crippen molar-refractivity contribution in [2.24, 2.45) is 0 Å². The summed E-state index contributed by atoms with van der Waals surface area (Å²) in [6.45, 7) is 0.575. The van der Waals surface area contributed by atoms with E-state index < -0.39 is 0 Å². The smallest absolute Gasteiger partial charge is 0.227 e. The molecule has 21 heavy (non-hydrogen) atoms. The molecule has 0 saturated carbocycles. The van der Waals surface area contributed by atoms with Crippen LogP contribution in [0.3, 0.4) is 0 Å². The predicted octanol–water partition coefficient (Wildman–Crippen LogP) is 2.48. The molecule has 2 aromatic carbocycles. The van der Waals surface area contributed by atoms with Gasteiger partial charge in [0.2, 0.25) is 5.91 Å². The highest BCUT2D eigenvalue weighted by Crippen LogP contribution is 2.13. The third-order valence-corrected chi connectivity index (χ3v) is 3.31. The lowest BCUT2D eigenvalue weighted by Gasteiger charge is -2.17. The van der Waals surface area contributed by atoms with Crippen LogP contribution in [0.1, 0.15) is 11.1 Å². The van der Waals surface area contributed by atoms with Crippen LogP contribution >= 0.6 is 0 Å². The second kappa shape index (κ2) is 6.79. The van der Waals surface area contributed by atoms with Crippen LogP contribution in [0.5, 0.6) is 5.75 Å². The molecule has 110 valence electrons. The molecule has 0 unspecified atom stereocenters. The molecular formula is C17H20N2O2. The summed E-state index contributed by atoms with van der Waals surface area (Å²) in [5.74, 6) is 0.879. The zero-order valence-corrected chi connectivity index (χ0v) is 12.4. The number of methoxy groups -OCH3 is 1. The number of hydrogen-bond donors (Lipinski definition) is 1. The van der Waals surface area contributed by atoms with Crippen LogP contribution in [-0.2, 0) is 17.8 Å². The first-order chi connectivity index (χ1) is 10.1. The van der Waals surface area contributed by atoms with E-state index in [4.69, 9.17) is 10.5 Å². The topological polar surface area (TPSA) is 55.6 Å². The summed E-state index contributed by atoms with van der Waals surface area (Å²) < 4.78 is 5.12. The highest BCUT2D eigenvalue weighted by molar-refractivity contribution is 5.78. The van der Waals surface area contributed by atoms with Gasteiger partial charge >= 0.3 is 0 Å². The second-order valence-electron chi connectivity index (χ2n) is 5.02. The fourth-order valence-electron chi connectivity index (χ4n) is 2.11. The van der Waals surface area contributed by atoms with Gasteiger partial charge in [-0.3, -0.25) is 4.79 Å². The Bertz CT molecular complexity index is 608. The van der Waals surface area contributed by atoms with Crippen molar-refractivity contribution in [2.75, 3.05) is 19.9 Å². The average molecular weight is 284 g/mol. The van der Waals surface area contributed by atoms with Crippen LogP contribution < -0.4 is 10.5 Å². The fraction of sp³-hybridized carbons (Fsp3) is 0.235. The molecule has 0 aliphatic heterocycles. The van der Waals surface area contributed by atoms with Gasteiger partial charge in [-0.05, 0) is 35.4 Å². The van der Waals surface area contributed by atoms with Crippen molar-refractivity contribution < 1.29 is 9.53 Å². The molecule has 2 N–H and O–H groups in total. The number of carbonyl (C=O) groups excluding carboxylic acids is 1. The van der Waals surface area contributed by atoms with Gasteiger partial charge in [0, 0.05) is 19.3 Å². The van der Waals surface area contributed by atoms with Crippen molar-refractivity contribution in [1.29, 1.82) is 0 Å². The fourth-order valence-corrected chi connectivity index (χ4v) is 2.11. The minimum absolute atomic E-state index is 0.0661. The summed E-state index contributed by atoms with van der Waals surface area (Å²) in [5.41, 5.74) is 8.40. The van der Waals surface area contributed by atoms with E-state index in [1.807, 2.05) is 48.5 Å². The van der Waals surface area contributed by atoms with Crippen LogP contribution in [0.15, 0.2) is 48.5 Å². The molecule has 0 aliphatic carbocycles. The van der Waals surface area contributed by atoms with E-state index in [0.717, 1.165) is 16.9 Å². The Morgan fingerprint density at radius 3 is 2.48 bits per heavy atom. The van der Waals surface area contributed by atoms with Gasteiger partial charge in [0.15, 0.2) is 0 Å².